The summed E-state index contributed by atoms with van der Waals surface area (Å²) in [6.45, 7) is 5.61. The number of hydrogen-bond donors (Lipinski definition) is 4. The Kier molecular flexibility index (Phi) is 6.33. The molecule has 6 N–H and O–H groups in total. The quantitative estimate of drug-likeness (QED) is 0.181. The maximum absolute atomic E-state index is 6.13. The standard InChI is InChI=1S/C26H28N8S/c1-3-11-29-23(27)15-5-7-17-19(13-15)33-25(31-17)21-9-10-22(35-21)26-32-18-8-6-16(14-20(18)34-26)24(28)30-12-4-2/h5-10,13-14H,3-4,11-12H2,1-2H3,(H2,27,29)(H2,28,30)(H,31,33)(H,32,34). The van der Waals surface area contributed by atoms with Crippen molar-refractivity contribution in [2.45, 2.75) is 26.7 Å². The molecule has 35 heavy (non-hydrogen) atoms. The number of rotatable bonds is 8. The van der Waals surface area contributed by atoms with Crippen molar-refractivity contribution in [1.82, 2.24) is 19.9 Å². The zero-order valence-electron chi connectivity index (χ0n) is 19.8. The van der Waals surface area contributed by atoms with E-state index in [1.165, 1.54) is 0 Å². The van der Waals surface area contributed by atoms with Gasteiger partial charge in [-0.3, -0.25) is 9.98 Å². The molecule has 0 aliphatic rings. The van der Waals surface area contributed by atoms with Crippen molar-refractivity contribution in [2.75, 3.05) is 13.1 Å². The lowest BCUT2D eigenvalue weighted by molar-refractivity contribution is 0.930. The van der Waals surface area contributed by atoms with E-state index in [4.69, 9.17) is 21.4 Å². The van der Waals surface area contributed by atoms with E-state index in [1.54, 1.807) is 11.3 Å². The van der Waals surface area contributed by atoms with Crippen molar-refractivity contribution in [3.05, 3.63) is 59.7 Å². The van der Waals surface area contributed by atoms with Gasteiger partial charge in [-0.1, -0.05) is 13.8 Å². The molecule has 2 aromatic carbocycles. The van der Waals surface area contributed by atoms with Crippen LogP contribution in [-0.2, 0) is 0 Å². The van der Waals surface area contributed by atoms with Crippen LogP contribution in [0.15, 0.2) is 58.5 Å². The van der Waals surface area contributed by atoms with E-state index >= 15 is 0 Å². The average molecular weight is 485 g/mol. The number of benzene rings is 2. The monoisotopic (exact) mass is 484 g/mol. The van der Waals surface area contributed by atoms with Gasteiger partial charge in [0.15, 0.2) is 0 Å². The van der Waals surface area contributed by atoms with Crippen LogP contribution >= 0.6 is 11.3 Å². The molecule has 0 radical (unpaired) electrons. The highest BCUT2D eigenvalue weighted by molar-refractivity contribution is 7.18. The summed E-state index contributed by atoms with van der Waals surface area (Å²) >= 11 is 1.63. The van der Waals surface area contributed by atoms with Crippen LogP contribution in [0.4, 0.5) is 0 Å². The van der Waals surface area contributed by atoms with Crippen LogP contribution in [0.2, 0.25) is 0 Å². The Morgan fingerprint density at radius 1 is 0.743 bits per heavy atom. The number of thiophene rings is 1. The van der Waals surface area contributed by atoms with E-state index < -0.39 is 0 Å². The summed E-state index contributed by atoms with van der Waals surface area (Å²) in [5.74, 6) is 2.73. The van der Waals surface area contributed by atoms with Crippen LogP contribution in [0, 0.1) is 0 Å². The van der Waals surface area contributed by atoms with Crippen LogP contribution in [0.1, 0.15) is 37.8 Å². The fourth-order valence-corrected chi connectivity index (χ4v) is 4.71. The molecule has 3 aromatic heterocycles. The summed E-state index contributed by atoms with van der Waals surface area (Å²) < 4.78 is 0. The minimum Gasteiger partial charge on any atom is -0.384 e. The van der Waals surface area contributed by atoms with Gasteiger partial charge in [-0.25, -0.2) is 9.97 Å². The SMILES string of the molecule is CCCN=C(N)c1ccc2nc(-c3ccc(-c4nc5ccc(C(N)=NCCC)cc5[nH]4)s3)[nH]c2c1. The lowest BCUT2D eigenvalue weighted by Crippen LogP contribution is -2.13. The third-order valence-corrected chi connectivity index (χ3v) is 6.74. The van der Waals surface area contributed by atoms with Gasteiger partial charge >= 0.3 is 0 Å². The highest BCUT2D eigenvalue weighted by Gasteiger charge is 2.13. The Bertz CT molecular complexity index is 1440. The molecule has 0 atom stereocenters. The molecule has 0 bridgehead atoms. The van der Waals surface area contributed by atoms with E-state index in [-0.39, 0.29) is 0 Å². The number of nitrogens with two attached hydrogens (primary N) is 2. The second-order valence-electron chi connectivity index (χ2n) is 8.33. The van der Waals surface area contributed by atoms with Crippen molar-refractivity contribution in [2.24, 2.45) is 21.5 Å². The number of amidine groups is 2. The topological polar surface area (TPSA) is 134 Å². The number of fused-ring (bicyclic) bond motifs is 2. The predicted molar refractivity (Wildman–Crippen MR) is 146 cm³/mol. The summed E-state index contributed by atoms with van der Waals surface area (Å²) in [5.41, 5.74) is 17.7. The maximum atomic E-state index is 6.13. The lowest BCUT2D eigenvalue weighted by atomic mass is 10.2. The van der Waals surface area contributed by atoms with E-state index in [0.29, 0.717) is 11.7 Å². The van der Waals surface area contributed by atoms with Gasteiger partial charge < -0.3 is 21.4 Å². The molecule has 0 spiro atoms. The smallest absolute Gasteiger partial charge is 0.148 e. The van der Waals surface area contributed by atoms with E-state index in [2.05, 4.69) is 45.9 Å². The van der Waals surface area contributed by atoms with Crippen molar-refractivity contribution in [3.63, 3.8) is 0 Å². The third-order valence-electron chi connectivity index (χ3n) is 5.64. The molecule has 3 heterocycles. The summed E-state index contributed by atoms with van der Waals surface area (Å²) in [7, 11) is 0. The number of aromatic amines is 2. The van der Waals surface area contributed by atoms with Crippen molar-refractivity contribution >= 4 is 45.1 Å². The van der Waals surface area contributed by atoms with Gasteiger partial charge in [0.1, 0.15) is 23.3 Å². The molecular formula is C26H28N8S. The fourth-order valence-electron chi connectivity index (χ4n) is 3.81. The summed E-state index contributed by atoms with van der Waals surface area (Å²) in [6.07, 6.45) is 1.93. The van der Waals surface area contributed by atoms with Gasteiger partial charge in [-0.2, -0.15) is 0 Å². The Labute approximate surface area is 207 Å². The second kappa shape index (κ2) is 9.71. The number of nitrogens with one attached hydrogen (secondary N) is 2. The molecule has 0 saturated heterocycles. The van der Waals surface area contributed by atoms with Crippen LogP contribution in [0.3, 0.4) is 0 Å². The van der Waals surface area contributed by atoms with Crippen LogP contribution in [-0.4, -0.2) is 44.7 Å². The summed E-state index contributed by atoms with van der Waals surface area (Å²) in [5, 5.41) is 0. The minimum atomic E-state index is 0.551. The van der Waals surface area contributed by atoms with Gasteiger partial charge in [-0.15, -0.1) is 11.3 Å². The van der Waals surface area contributed by atoms with Gasteiger partial charge in [0.2, 0.25) is 0 Å². The molecular weight excluding hydrogens is 456 g/mol. The number of aliphatic imine (C=N–C) groups is 2. The van der Waals surface area contributed by atoms with Gasteiger partial charge in [0.25, 0.3) is 0 Å². The largest absolute Gasteiger partial charge is 0.384 e. The molecule has 178 valence electrons. The Balaban J connectivity index is 1.42. The minimum absolute atomic E-state index is 0.551. The number of hydrogen-bond acceptors (Lipinski definition) is 5. The number of H-pyrrole nitrogens is 2. The highest BCUT2D eigenvalue weighted by Crippen LogP contribution is 2.34. The molecule has 0 aliphatic carbocycles. The Hall–Kier alpha value is -3.98. The fraction of sp³-hybridized carbons (Fsp3) is 0.231. The zero-order valence-corrected chi connectivity index (χ0v) is 20.6. The summed E-state index contributed by atoms with van der Waals surface area (Å²) in [6, 6.07) is 16.0. The Morgan fingerprint density at radius 3 is 1.63 bits per heavy atom. The molecule has 0 amide bonds. The first-order valence-electron chi connectivity index (χ1n) is 11.8. The van der Waals surface area contributed by atoms with Crippen LogP contribution in [0.5, 0.6) is 0 Å². The van der Waals surface area contributed by atoms with Gasteiger partial charge in [0.05, 0.1) is 31.8 Å². The maximum Gasteiger partial charge on any atom is 0.148 e. The molecule has 9 heteroatoms. The molecule has 8 nitrogen and oxygen atoms in total. The number of aromatic nitrogens is 4. The van der Waals surface area contributed by atoms with E-state index in [1.807, 2.05) is 36.4 Å². The highest BCUT2D eigenvalue weighted by atomic mass is 32.1. The molecule has 5 rings (SSSR count). The predicted octanol–water partition coefficient (Wildman–Crippen LogP) is 5.07. The average Bonchev–Trinajstić information content (AvgIpc) is 3.61. The van der Waals surface area contributed by atoms with Crippen molar-refractivity contribution < 1.29 is 0 Å². The van der Waals surface area contributed by atoms with E-state index in [9.17, 15) is 0 Å². The second-order valence-corrected chi connectivity index (χ2v) is 9.42. The first-order valence-corrected chi connectivity index (χ1v) is 12.6. The third kappa shape index (κ3) is 4.67. The molecule has 0 unspecified atom stereocenters. The lowest BCUT2D eigenvalue weighted by Gasteiger charge is -2.00. The van der Waals surface area contributed by atoms with Gasteiger partial charge in [-0.05, 0) is 61.4 Å². The van der Waals surface area contributed by atoms with Crippen LogP contribution in [0.25, 0.3) is 43.5 Å². The first-order chi connectivity index (χ1) is 17.1. The number of imidazole rings is 2. The summed E-state index contributed by atoms with van der Waals surface area (Å²) in [4.78, 5) is 27.3. The molecule has 0 saturated carbocycles. The van der Waals surface area contributed by atoms with Crippen LogP contribution < -0.4 is 11.5 Å². The van der Waals surface area contributed by atoms with Crippen molar-refractivity contribution in [3.8, 4) is 21.4 Å². The van der Waals surface area contributed by atoms with E-state index in [0.717, 1.165) is 80.5 Å². The zero-order chi connectivity index (χ0) is 24.4. The molecule has 0 aliphatic heterocycles. The van der Waals surface area contributed by atoms with Gasteiger partial charge in [0, 0.05) is 24.2 Å². The first kappa shape index (κ1) is 22.8. The number of nitrogens with zero attached hydrogens (tertiary/aromatic N) is 4. The Morgan fingerprint density at radius 2 is 1.20 bits per heavy atom. The molecule has 5 aromatic rings. The molecule has 0 fully saturated rings. The normalized spacial score (nSPS) is 12.7. The van der Waals surface area contributed by atoms with Crippen molar-refractivity contribution in [1.29, 1.82) is 0 Å².